The summed E-state index contributed by atoms with van der Waals surface area (Å²) >= 11 is 0. The molecule has 4 aromatic heterocycles. The molecule has 0 aliphatic carbocycles. The zero-order chi connectivity index (χ0) is 27.9. The maximum absolute atomic E-state index is 11.6. The molecular formula is C29H25N9O3. The molecule has 0 amide bonds. The average Bonchev–Trinajstić information content (AvgIpc) is 3.59. The highest BCUT2D eigenvalue weighted by Crippen LogP contribution is 2.31. The molecule has 2 aromatic carbocycles. The van der Waals surface area contributed by atoms with E-state index in [1.54, 1.807) is 29.2 Å². The Hall–Kier alpha value is -5.52. The minimum atomic E-state index is -0.989. The molecule has 7 rings (SSSR count). The van der Waals surface area contributed by atoms with Gasteiger partial charge >= 0.3 is 5.97 Å². The van der Waals surface area contributed by atoms with Crippen molar-refractivity contribution in [3.63, 3.8) is 0 Å². The summed E-state index contributed by atoms with van der Waals surface area (Å²) in [6.45, 7) is 2.48. The highest BCUT2D eigenvalue weighted by atomic mass is 16.4. The zero-order valence-corrected chi connectivity index (χ0v) is 21.9. The van der Waals surface area contributed by atoms with Gasteiger partial charge in [0.2, 0.25) is 5.95 Å². The van der Waals surface area contributed by atoms with Gasteiger partial charge in [-0.1, -0.05) is 18.2 Å². The van der Waals surface area contributed by atoms with Gasteiger partial charge in [-0.25, -0.2) is 9.67 Å². The number of para-hydroxylation sites is 1. The summed E-state index contributed by atoms with van der Waals surface area (Å²) in [6.07, 6.45) is 4.98. The highest BCUT2D eigenvalue weighted by molar-refractivity contribution is 5.95. The number of phenolic OH excluding ortho intramolecular Hbond substituents is 1. The lowest BCUT2D eigenvalue weighted by Gasteiger charge is -2.36. The van der Waals surface area contributed by atoms with E-state index in [1.165, 1.54) is 10.9 Å². The molecule has 1 saturated heterocycles. The monoisotopic (exact) mass is 547 g/mol. The molecule has 1 fully saturated rings. The van der Waals surface area contributed by atoms with E-state index in [0.717, 1.165) is 40.9 Å². The van der Waals surface area contributed by atoms with Crippen LogP contribution in [0.2, 0.25) is 0 Å². The molecule has 204 valence electrons. The molecule has 1 aliphatic rings. The van der Waals surface area contributed by atoms with Crippen molar-refractivity contribution < 1.29 is 15.0 Å². The molecule has 12 nitrogen and oxygen atoms in total. The first-order valence-corrected chi connectivity index (χ1v) is 13.2. The summed E-state index contributed by atoms with van der Waals surface area (Å²) < 4.78 is 3.28. The molecular weight excluding hydrogens is 522 g/mol. The van der Waals surface area contributed by atoms with E-state index in [2.05, 4.69) is 19.8 Å². The molecule has 2 N–H and O–H groups in total. The molecule has 0 atom stereocenters. The number of nitrogens with zero attached hydrogens (tertiary/aromatic N) is 9. The zero-order valence-electron chi connectivity index (χ0n) is 21.9. The molecule has 41 heavy (non-hydrogen) atoms. The smallest absolute Gasteiger partial charge is 0.323 e. The van der Waals surface area contributed by atoms with Crippen LogP contribution in [-0.2, 0) is 11.3 Å². The Bertz CT molecular complexity index is 1880. The second-order valence-corrected chi connectivity index (χ2v) is 9.80. The lowest BCUT2D eigenvalue weighted by atomic mass is 10.1. The quantitative estimate of drug-likeness (QED) is 0.319. The Morgan fingerprint density at radius 2 is 1.68 bits per heavy atom. The van der Waals surface area contributed by atoms with E-state index in [1.807, 2.05) is 48.5 Å². The van der Waals surface area contributed by atoms with Crippen LogP contribution in [0.3, 0.4) is 0 Å². The molecule has 0 saturated carbocycles. The second-order valence-electron chi connectivity index (χ2n) is 9.80. The number of benzene rings is 2. The molecule has 0 radical (unpaired) electrons. The fourth-order valence-corrected chi connectivity index (χ4v) is 5.24. The summed E-state index contributed by atoms with van der Waals surface area (Å²) in [5.74, 6) is 0.197. The van der Waals surface area contributed by atoms with E-state index in [-0.39, 0.29) is 12.3 Å². The van der Waals surface area contributed by atoms with E-state index in [9.17, 15) is 15.0 Å². The lowest BCUT2D eigenvalue weighted by molar-refractivity contribution is -0.137. The number of fused-ring (bicyclic) bond motifs is 2. The number of imidazole rings is 1. The van der Waals surface area contributed by atoms with E-state index in [0.29, 0.717) is 36.0 Å². The molecule has 0 bridgehead atoms. The number of anilines is 2. The number of phenols is 1. The predicted molar refractivity (Wildman–Crippen MR) is 153 cm³/mol. The minimum absolute atomic E-state index is 0.234. The van der Waals surface area contributed by atoms with Crippen LogP contribution in [-0.4, -0.2) is 76.6 Å². The van der Waals surface area contributed by atoms with Gasteiger partial charge in [-0.3, -0.25) is 9.78 Å². The summed E-state index contributed by atoms with van der Waals surface area (Å²) in [4.78, 5) is 34.5. The van der Waals surface area contributed by atoms with Crippen molar-refractivity contribution in [3.8, 4) is 22.8 Å². The van der Waals surface area contributed by atoms with Crippen LogP contribution < -0.4 is 9.80 Å². The van der Waals surface area contributed by atoms with E-state index >= 15 is 0 Å². The second kappa shape index (κ2) is 9.90. The van der Waals surface area contributed by atoms with Crippen molar-refractivity contribution in [2.45, 2.75) is 6.54 Å². The summed E-state index contributed by atoms with van der Waals surface area (Å²) in [5, 5.41) is 25.1. The third kappa shape index (κ3) is 4.44. The number of piperazine rings is 1. The molecule has 1 aliphatic heterocycles. The Morgan fingerprint density at radius 3 is 2.44 bits per heavy atom. The van der Waals surface area contributed by atoms with Crippen molar-refractivity contribution in [2.24, 2.45) is 0 Å². The average molecular weight is 548 g/mol. The van der Waals surface area contributed by atoms with Crippen LogP contribution in [0.5, 0.6) is 5.75 Å². The number of aromatic nitrogens is 7. The highest BCUT2D eigenvalue weighted by Gasteiger charge is 2.25. The van der Waals surface area contributed by atoms with Crippen LogP contribution in [0.15, 0.2) is 79.4 Å². The summed E-state index contributed by atoms with van der Waals surface area (Å²) in [6, 6.07) is 18.9. The van der Waals surface area contributed by atoms with Gasteiger partial charge in [-0.05, 0) is 42.5 Å². The van der Waals surface area contributed by atoms with Gasteiger partial charge in [-0.15, -0.1) is 0 Å². The normalized spacial score (nSPS) is 13.8. The third-order valence-electron chi connectivity index (χ3n) is 7.24. The predicted octanol–water partition coefficient (Wildman–Crippen LogP) is 3.34. The number of pyridine rings is 1. The molecule has 0 spiro atoms. The Balaban J connectivity index is 1.33. The van der Waals surface area contributed by atoms with Gasteiger partial charge < -0.3 is 24.6 Å². The third-order valence-corrected chi connectivity index (χ3v) is 7.24. The van der Waals surface area contributed by atoms with Crippen LogP contribution in [0.25, 0.3) is 39.1 Å². The van der Waals surface area contributed by atoms with Gasteiger partial charge in [-0.2, -0.15) is 15.1 Å². The molecule has 5 heterocycles. The number of aliphatic carboxylic acids is 1. The topological polar surface area (TPSA) is 138 Å². The van der Waals surface area contributed by atoms with E-state index in [4.69, 9.17) is 15.1 Å². The van der Waals surface area contributed by atoms with Crippen molar-refractivity contribution in [3.05, 3.63) is 79.4 Å². The van der Waals surface area contributed by atoms with Gasteiger partial charge in [0.25, 0.3) is 0 Å². The van der Waals surface area contributed by atoms with Crippen molar-refractivity contribution in [1.82, 2.24) is 34.3 Å². The molecule has 6 aromatic rings. The van der Waals surface area contributed by atoms with E-state index < -0.39 is 5.97 Å². The number of carbonyl (C=O) groups is 1. The summed E-state index contributed by atoms with van der Waals surface area (Å²) in [5.41, 5.74) is 4.39. The maximum Gasteiger partial charge on any atom is 0.323 e. The minimum Gasteiger partial charge on any atom is -0.508 e. The number of rotatable bonds is 6. The van der Waals surface area contributed by atoms with Crippen LogP contribution in [0, 0.1) is 0 Å². The summed E-state index contributed by atoms with van der Waals surface area (Å²) in [7, 11) is 0. The first-order chi connectivity index (χ1) is 20.0. The Kier molecular flexibility index (Phi) is 5.92. The lowest BCUT2D eigenvalue weighted by Crippen LogP contribution is -2.47. The fourth-order valence-electron chi connectivity index (χ4n) is 5.24. The number of hydrogen-bond acceptors (Lipinski definition) is 9. The fraction of sp³-hybridized carbons (Fsp3) is 0.172. The van der Waals surface area contributed by atoms with Crippen molar-refractivity contribution in [1.29, 1.82) is 0 Å². The Labute approximate surface area is 233 Å². The number of hydrogen-bond donors (Lipinski definition) is 2. The molecule has 0 unspecified atom stereocenters. The van der Waals surface area contributed by atoms with Crippen LogP contribution >= 0.6 is 0 Å². The van der Waals surface area contributed by atoms with Gasteiger partial charge in [0.1, 0.15) is 18.0 Å². The number of aromatic hydroxyl groups is 1. The van der Waals surface area contributed by atoms with Crippen molar-refractivity contribution >= 4 is 39.7 Å². The Morgan fingerprint density at radius 1 is 0.902 bits per heavy atom. The SMILES string of the molecule is O=C(O)Cn1cnc2c(-n3nc(-c4cccnc4)c4ccccc43)nc(N3CCN(c4ccc(O)cc4)CC3)nc21. The number of carboxylic acid groups (broad SMARTS) is 1. The standard InChI is InChI=1S/C29H25N9O3/c39-21-9-7-20(8-10-21)35-12-14-36(15-13-35)29-32-27-26(31-18-37(27)17-24(40)41)28(33-29)38-23-6-2-1-5-22(23)25(34-38)19-4-3-11-30-16-19/h1-11,16,18,39H,12-15,17H2,(H,40,41). The maximum atomic E-state index is 11.6. The van der Waals surface area contributed by atoms with Crippen molar-refractivity contribution in [2.75, 3.05) is 36.0 Å². The molecule has 12 heteroatoms. The van der Waals surface area contributed by atoms with Gasteiger partial charge in [0, 0.05) is 55.2 Å². The first-order valence-electron chi connectivity index (χ1n) is 13.2. The van der Waals surface area contributed by atoms with Crippen LogP contribution in [0.1, 0.15) is 0 Å². The van der Waals surface area contributed by atoms with Crippen LogP contribution in [0.4, 0.5) is 11.6 Å². The largest absolute Gasteiger partial charge is 0.508 e. The number of carboxylic acids is 1. The first kappa shape index (κ1) is 24.5. The van der Waals surface area contributed by atoms with Gasteiger partial charge in [0.15, 0.2) is 17.0 Å². The van der Waals surface area contributed by atoms with Gasteiger partial charge in [0.05, 0.1) is 11.8 Å².